The molecule has 0 saturated carbocycles. The van der Waals surface area contributed by atoms with Gasteiger partial charge in [0.25, 0.3) is 0 Å². The van der Waals surface area contributed by atoms with Crippen molar-refractivity contribution >= 4 is 23.4 Å². The van der Waals surface area contributed by atoms with Crippen molar-refractivity contribution in [3.8, 4) is 11.2 Å². The zero-order valence-electron chi connectivity index (χ0n) is 10.2. The molecule has 0 amide bonds. The first-order valence-electron chi connectivity index (χ1n) is 4.84. The summed E-state index contributed by atoms with van der Waals surface area (Å²) in [5.74, 6) is 0. The fourth-order valence-corrected chi connectivity index (χ4v) is 4.62. The van der Waals surface area contributed by atoms with Gasteiger partial charge in [-0.1, -0.05) is 53.9 Å². The molecule has 0 radical (unpaired) electrons. The van der Waals surface area contributed by atoms with Crippen molar-refractivity contribution < 1.29 is 0 Å². The monoisotopic (exact) mass is 212 g/mol. The molecule has 0 rings (SSSR count). The van der Waals surface area contributed by atoms with Gasteiger partial charge in [-0.05, 0) is 11.6 Å². The van der Waals surface area contributed by atoms with Gasteiger partial charge in [0, 0.05) is 0 Å². The standard InChI is InChI=1S/C10H22BPSi/c1-10(2,3)9-12(11)7-8-13(4,5)6/h9,11H2,1-6H3. The lowest BCUT2D eigenvalue weighted by Crippen LogP contribution is -2.16. The van der Waals surface area contributed by atoms with Gasteiger partial charge in [0.1, 0.15) is 15.6 Å². The van der Waals surface area contributed by atoms with E-state index in [2.05, 4.69) is 59.2 Å². The number of hydrogen-bond acceptors (Lipinski definition) is 0. The van der Waals surface area contributed by atoms with E-state index in [4.69, 9.17) is 0 Å². The molecule has 74 valence electrons. The fraction of sp³-hybridized carbons (Fsp3) is 0.800. The minimum Gasteiger partial charge on any atom is -0.128 e. The molecule has 1 unspecified atom stereocenters. The van der Waals surface area contributed by atoms with Crippen LogP contribution in [0, 0.1) is 16.6 Å². The molecular formula is C10H22BPSi. The molecule has 0 aromatic rings. The van der Waals surface area contributed by atoms with Crippen molar-refractivity contribution in [3.05, 3.63) is 0 Å². The van der Waals surface area contributed by atoms with Crippen LogP contribution in [0.1, 0.15) is 20.8 Å². The second-order valence-corrected chi connectivity index (χ2v) is 12.6. The van der Waals surface area contributed by atoms with Crippen LogP contribution in [0.15, 0.2) is 0 Å². The summed E-state index contributed by atoms with van der Waals surface area (Å²) in [5, 5.41) is 0. The van der Waals surface area contributed by atoms with E-state index in [1.165, 1.54) is 6.16 Å². The van der Waals surface area contributed by atoms with Gasteiger partial charge in [0.05, 0.1) is 0 Å². The van der Waals surface area contributed by atoms with E-state index < -0.39 is 8.07 Å². The van der Waals surface area contributed by atoms with E-state index in [-0.39, 0.29) is 7.80 Å². The molecule has 0 heterocycles. The first kappa shape index (κ1) is 13.3. The Morgan fingerprint density at radius 2 is 1.69 bits per heavy atom. The molecule has 0 aromatic carbocycles. The van der Waals surface area contributed by atoms with E-state index in [0.717, 1.165) is 0 Å². The van der Waals surface area contributed by atoms with Gasteiger partial charge in [-0.2, -0.15) is 0 Å². The van der Waals surface area contributed by atoms with E-state index in [0.29, 0.717) is 5.41 Å². The van der Waals surface area contributed by atoms with Crippen molar-refractivity contribution in [3.63, 3.8) is 0 Å². The molecule has 13 heavy (non-hydrogen) atoms. The Labute approximate surface area is 87.0 Å². The van der Waals surface area contributed by atoms with Crippen LogP contribution in [0.3, 0.4) is 0 Å². The second kappa shape index (κ2) is 4.67. The lowest BCUT2D eigenvalue weighted by atomic mass is 10.0. The van der Waals surface area contributed by atoms with Crippen molar-refractivity contribution in [2.75, 3.05) is 6.16 Å². The highest BCUT2D eigenvalue weighted by atomic mass is 31.1. The van der Waals surface area contributed by atoms with E-state index in [9.17, 15) is 0 Å². The quantitative estimate of drug-likeness (QED) is 0.356. The maximum atomic E-state index is 3.46. The predicted octanol–water partition coefficient (Wildman–Crippen LogP) is 2.90. The van der Waals surface area contributed by atoms with Gasteiger partial charge in [0.15, 0.2) is 0 Å². The minimum atomic E-state index is -1.14. The van der Waals surface area contributed by atoms with Gasteiger partial charge in [0.2, 0.25) is 0 Å². The van der Waals surface area contributed by atoms with E-state index >= 15 is 0 Å². The van der Waals surface area contributed by atoms with Crippen LogP contribution in [0.25, 0.3) is 0 Å². The van der Waals surface area contributed by atoms with Gasteiger partial charge in [-0.3, -0.25) is 0 Å². The Morgan fingerprint density at radius 1 is 1.23 bits per heavy atom. The van der Waals surface area contributed by atoms with E-state index in [1.54, 1.807) is 0 Å². The molecule has 0 nitrogen and oxygen atoms in total. The number of rotatable bonds is 1. The van der Waals surface area contributed by atoms with Gasteiger partial charge < -0.3 is 0 Å². The molecule has 3 heteroatoms. The number of hydrogen-bond donors (Lipinski definition) is 0. The fourth-order valence-electron chi connectivity index (χ4n) is 1.01. The summed E-state index contributed by atoms with van der Waals surface area (Å²) < 4.78 is 0. The molecule has 0 aliphatic heterocycles. The average molecular weight is 212 g/mol. The van der Waals surface area contributed by atoms with Crippen molar-refractivity contribution in [2.24, 2.45) is 5.41 Å². The highest BCUT2D eigenvalue weighted by Crippen LogP contribution is 2.35. The Bertz CT molecular complexity index is 214. The van der Waals surface area contributed by atoms with Gasteiger partial charge in [-0.15, -0.1) is 5.54 Å². The van der Waals surface area contributed by atoms with Crippen molar-refractivity contribution in [2.45, 2.75) is 40.4 Å². The van der Waals surface area contributed by atoms with Crippen LogP contribution in [0.2, 0.25) is 19.6 Å². The largest absolute Gasteiger partial charge is 0.150 e. The topological polar surface area (TPSA) is 0 Å². The molecule has 0 aliphatic rings. The summed E-state index contributed by atoms with van der Waals surface area (Å²) in [6.45, 7) is 13.8. The summed E-state index contributed by atoms with van der Waals surface area (Å²) in [4.78, 5) is 0. The van der Waals surface area contributed by atoms with E-state index in [1.807, 2.05) is 0 Å². The first-order valence-corrected chi connectivity index (χ1v) is 10.3. The second-order valence-electron chi connectivity index (χ2n) is 5.90. The maximum Gasteiger partial charge on any atom is 0.150 e. The molecule has 0 N–H and O–H groups in total. The third kappa shape index (κ3) is 10.2. The molecule has 0 saturated heterocycles. The molecule has 0 bridgehead atoms. The SMILES string of the molecule is BP(C#C[Si](C)(C)C)CC(C)(C)C. The van der Waals surface area contributed by atoms with Crippen LogP contribution in [0.4, 0.5) is 0 Å². The van der Waals surface area contributed by atoms with Gasteiger partial charge in [-0.25, -0.2) is 0 Å². The zero-order valence-corrected chi connectivity index (χ0v) is 12.0. The zero-order chi connectivity index (χ0) is 10.7. The highest BCUT2D eigenvalue weighted by molar-refractivity contribution is 7.86. The normalized spacial score (nSPS) is 14.6. The Balaban J connectivity index is 4.14. The van der Waals surface area contributed by atoms with Crippen LogP contribution in [-0.2, 0) is 0 Å². The maximum absolute atomic E-state index is 3.46. The Kier molecular flexibility index (Phi) is 4.77. The lowest BCUT2D eigenvalue weighted by Gasteiger charge is -2.20. The van der Waals surface area contributed by atoms with Crippen LogP contribution in [0.5, 0.6) is 0 Å². The van der Waals surface area contributed by atoms with Crippen LogP contribution < -0.4 is 0 Å². The van der Waals surface area contributed by atoms with Crippen molar-refractivity contribution in [1.29, 1.82) is 0 Å². The summed E-state index contributed by atoms with van der Waals surface area (Å²) in [6, 6.07) is 0. The smallest absolute Gasteiger partial charge is 0.128 e. The highest BCUT2D eigenvalue weighted by Gasteiger charge is 2.14. The first-order chi connectivity index (χ1) is 5.60. The third-order valence-corrected chi connectivity index (χ3v) is 4.34. The van der Waals surface area contributed by atoms with Crippen LogP contribution in [-0.4, -0.2) is 21.8 Å². The van der Waals surface area contributed by atoms with Crippen molar-refractivity contribution in [1.82, 2.24) is 0 Å². The molecule has 0 spiro atoms. The summed E-state index contributed by atoms with van der Waals surface area (Å²) >= 11 is 0. The lowest BCUT2D eigenvalue weighted by molar-refractivity contribution is 0.479. The molecular weight excluding hydrogens is 190 g/mol. The minimum absolute atomic E-state index is 0.0593. The molecule has 0 fully saturated rings. The average Bonchev–Trinajstić information content (AvgIpc) is 1.78. The summed E-state index contributed by atoms with van der Waals surface area (Å²) in [7, 11) is 1.10. The Hall–Kier alpha value is 0.272. The molecule has 1 atom stereocenters. The van der Waals surface area contributed by atoms with Crippen LogP contribution >= 0.6 is 7.80 Å². The van der Waals surface area contributed by atoms with Gasteiger partial charge >= 0.3 is 0 Å². The Morgan fingerprint density at radius 3 is 2.00 bits per heavy atom. The third-order valence-electron chi connectivity index (χ3n) is 1.33. The predicted molar refractivity (Wildman–Crippen MR) is 70.9 cm³/mol. The summed E-state index contributed by atoms with van der Waals surface area (Å²) in [6.07, 6.45) is 1.26. The molecule has 0 aliphatic carbocycles. The summed E-state index contributed by atoms with van der Waals surface area (Å²) in [5.41, 5.74) is 7.36. The molecule has 0 aromatic heterocycles.